The van der Waals surface area contributed by atoms with Crippen LogP contribution in [0.1, 0.15) is 16.1 Å². The van der Waals surface area contributed by atoms with Crippen molar-refractivity contribution in [1.82, 2.24) is 4.90 Å². The van der Waals surface area contributed by atoms with Crippen LogP contribution in [0.2, 0.25) is 5.02 Å². The molecule has 0 radical (unpaired) electrons. The lowest BCUT2D eigenvalue weighted by Crippen LogP contribution is -2.34. The maximum atomic E-state index is 12.5. The van der Waals surface area contributed by atoms with Crippen LogP contribution in [0.3, 0.4) is 0 Å². The van der Waals surface area contributed by atoms with Crippen molar-refractivity contribution in [2.24, 2.45) is 0 Å². The van der Waals surface area contributed by atoms with E-state index in [2.05, 4.69) is 5.32 Å². The minimum absolute atomic E-state index is 0.0220. The van der Waals surface area contributed by atoms with Gasteiger partial charge in [-0.2, -0.15) is 0 Å². The van der Waals surface area contributed by atoms with Crippen molar-refractivity contribution >= 4 is 29.1 Å². The van der Waals surface area contributed by atoms with Crippen LogP contribution >= 0.6 is 11.6 Å². The molecule has 1 N–H and O–H groups in total. The Balaban J connectivity index is 1.96. The Morgan fingerprint density at radius 2 is 2.15 bits per heavy atom. The molecule has 1 aliphatic heterocycles. The lowest BCUT2D eigenvalue weighted by Gasteiger charge is -2.18. The normalized spacial score (nSPS) is 14.8. The van der Waals surface area contributed by atoms with Gasteiger partial charge in [0, 0.05) is 5.02 Å². The summed E-state index contributed by atoms with van der Waals surface area (Å²) in [6.07, 6.45) is 1.53. The highest BCUT2D eigenvalue weighted by atomic mass is 35.5. The first-order chi connectivity index (χ1) is 9.63. The molecule has 1 aromatic heterocycles. The van der Waals surface area contributed by atoms with Gasteiger partial charge in [0.05, 0.1) is 24.1 Å². The van der Waals surface area contributed by atoms with Crippen LogP contribution in [0.4, 0.5) is 5.69 Å². The van der Waals surface area contributed by atoms with Gasteiger partial charge in [-0.1, -0.05) is 11.6 Å². The van der Waals surface area contributed by atoms with Gasteiger partial charge in [-0.25, -0.2) is 0 Å². The Morgan fingerprint density at radius 1 is 1.30 bits per heavy atom. The van der Waals surface area contributed by atoms with Crippen molar-refractivity contribution in [2.45, 2.75) is 6.54 Å². The molecule has 5 nitrogen and oxygen atoms in total. The molecule has 0 spiro atoms. The van der Waals surface area contributed by atoms with E-state index in [4.69, 9.17) is 16.0 Å². The number of nitrogens with one attached hydrogen (secondary N) is 1. The van der Waals surface area contributed by atoms with Crippen molar-refractivity contribution in [1.29, 1.82) is 0 Å². The molecule has 2 amide bonds. The predicted molar refractivity (Wildman–Crippen MR) is 73.5 cm³/mol. The number of fused-ring (bicyclic) bond motifs is 1. The van der Waals surface area contributed by atoms with Gasteiger partial charge in [0.15, 0.2) is 0 Å². The topological polar surface area (TPSA) is 62.6 Å². The van der Waals surface area contributed by atoms with Crippen molar-refractivity contribution in [3.05, 3.63) is 52.9 Å². The zero-order valence-corrected chi connectivity index (χ0v) is 11.2. The van der Waals surface area contributed by atoms with Crippen LogP contribution in [0.5, 0.6) is 0 Å². The Bertz CT molecular complexity index is 667. The number of hydrogen-bond donors (Lipinski definition) is 1. The number of carbonyl (C=O) groups excluding carboxylic acids is 2. The molecule has 1 aliphatic rings. The predicted octanol–water partition coefficient (Wildman–Crippen LogP) is 2.53. The Morgan fingerprint density at radius 3 is 2.90 bits per heavy atom. The third-order valence-corrected chi connectivity index (χ3v) is 3.27. The Kier molecular flexibility index (Phi) is 3.20. The molecule has 20 heavy (non-hydrogen) atoms. The maximum absolute atomic E-state index is 12.5. The third-order valence-electron chi connectivity index (χ3n) is 3.03. The third kappa shape index (κ3) is 2.40. The molecule has 0 aliphatic carbocycles. The molecule has 0 saturated heterocycles. The molecule has 6 heteroatoms. The number of anilines is 1. The molecule has 1 aromatic carbocycles. The number of benzene rings is 1. The molecular formula is C14H11ClN2O3. The van der Waals surface area contributed by atoms with Crippen LogP contribution < -0.4 is 5.32 Å². The summed E-state index contributed by atoms with van der Waals surface area (Å²) in [5, 5.41) is 3.15. The van der Waals surface area contributed by atoms with Gasteiger partial charge in [0.2, 0.25) is 5.91 Å². The SMILES string of the molecule is O=C1CN(Cc2ccco2)C(=O)c2cc(Cl)ccc2N1. The Labute approximate surface area is 120 Å². The fourth-order valence-corrected chi connectivity index (χ4v) is 2.30. The number of furan rings is 1. The average Bonchev–Trinajstić information content (AvgIpc) is 2.88. The second-order valence-electron chi connectivity index (χ2n) is 4.48. The summed E-state index contributed by atoms with van der Waals surface area (Å²) in [4.78, 5) is 25.8. The molecule has 0 fully saturated rings. The monoisotopic (exact) mass is 290 g/mol. The van der Waals surface area contributed by atoms with E-state index in [1.165, 1.54) is 11.2 Å². The van der Waals surface area contributed by atoms with E-state index >= 15 is 0 Å². The van der Waals surface area contributed by atoms with Gasteiger partial charge in [-0.15, -0.1) is 0 Å². The standard InChI is InChI=1S/C14H11ClN2O3/c15-9-3-4-12-11(6-9)14(19)17(8-13(18)16-12)7-10-2-1-5-20-10/h1-6H,7-8H2,(H,16,18). The molecule has 0 unspecified atom stereocenters. The highest BCUT2D eigenvalue weighted by Gasteiger charge is 2.27. The van der Waals surface area contributed by atoms with Gasteiger partial charge >= 0.3 is 0 Å². The first kappa shape index (κ1) is 12.7. The van der Waals surface area contributed by atoms with Gasteiger partial charge in [-0.05, 0) is 30.3 Å². The quantitative estimate of drug-likeness (QED) is 0.924. The van der Waals surface area contributed by atoms with Crippen LogP contribution in [0.15, 0.2) is 41.0 Å². The van der Waals surface area contributed by atoms with E-state index in [0.717, 1.165) is 0 Å². The van der Waals surface area contributed by atoms with E-state index < -0.39 is 0 Å². The first-order valence-electron chi connectivity index (χ1n) is 6.04. The van der Waals surface area contributed by atoms with Gasteiger partial charge in [0.25, 0.3) is 5.91 Å². The number of rotatable bonds is 2. The van der Waals surface area contributed by atoms with Crippen LogP contribution in [0.25, 0.3) is 0 Å². The van der Waals surface area contributed by atoms with Crippen molar-refractivity contribution < 1.29 is 14.0 Å². The molecule has 2 aromatic rings. The van der Waals surface area contributed by atoms with Crippen LogP contribution in [-0.2, 0) is 11.3 Å². The fourth-order valence-electron chi connectivity index (χ4n) is 2.13. The second kappa shape index (κ2) is 5.02. The molecule has 3 rings (SSSR count). The highest BCUT2D eigenvalue weighted by molar-refractivity contribution is 6.31. The second-order valence-corrected chi connectivity index (χ2v) is 4.92. The highest BCUT2D eigenvalue weighted by Crippen LogP contribution is 2.25. The summed E-state index contributed by atoms with van der Waals surface area (Å²) in [6, 6.07) is 8.32. The van der Waals surface area contributed by atoms with E-state index in [0.29, 0.717) is 22.0 Å². The number of halogens is 1. The van der Waals surface area contributed by atoms with Crippen molar-refractivity contribution in [2.75, 3.05) is 11.9 Å². The summed E-state index contributed by atoms with van der Waals surface area (Å²) in [6.45, 7) is 0.219. The van der Waals surface area contributed by atoms with Gasteiger partial charge in [0.1, 0.15) is 12.3 Å². The van der Waals surface area contributed by atoms with E-state index in [-0.39, 0.29) is 24.9 Å². The molecule has 0 bridgehead atoms. The van der Waals surface area contributed by atoms with E-state index in [1.54, 1.807) is 30.3 Å². The number of carbonyl (C=O) groups is 2. The largest absolute Gasteiger partial charge is 0.467 e. The van der Waals surface area contributed by atoms with E-state index in [1.807, 2.05) is 0 Å². The molecule has 0 saturated carbocycles. The van der Waals surface area contributed by atoms with Crippen LogP contribution in [0, 0.1) is 0 Å². The minimum Gasteiger partial charge on any atom is -0.467 e. The summed E-state index contributed by atoms with van der Waals surface area (Å²) in [7, 11) is 0. The summed E-state index contributed by atoms with van der Waals surface area (Å²) >= 11 is 5.92. The zero-order valence-electron chi connectivity index (χ0n) is 10.4. The summed E-state index contributed by atoms with van der Waals surface area (Å²) in [5.74, 6) is 0.125. The number of hydrogen-bond acceptors (Lipinski definition) is 3. The number of nitrogens with zero attached hydrogens (tertiary/aromatic N) is 1. The molecule has 0 atom stereocenters. The van der Waals surface area contributed by atoms with E-state index in [9.17, 15) is 9.59 Å². The molecular weight excluding hydrogens is 280 g/mol. The number of amides is 2. The van der Waals surface area contributed by atoms with Crippen molar-refractivity contribution in [3.8, 4) is 0 Å². The minimum atomic E-state index is -0.253. The molecule has 2 heterocycles. The van der Waals surface area contributed by atoms with Gasteiger partial charge in [-0.3, -0.25) is 9.59 Å². The summed E-state index contributed by atoms with van der Waals surface area (Å²) < 4.78 is 5.22. The zero-order chi connectivity index (χ0) is 14.1. The fraction of sp³-hybridized carbons (Fsp3) is 0.143. The van der Waals surface area contributed by atoms with Crippen LogP contribution in [-0.4, -0.2) is 23.3 Å². The average molecular weight is 291 g/mol. The first-order valence-corrected chi connectivity index (χ1v) is 6.42. The lowest BCUT2D eigenvalue weighted by molar-refractivity contribution is -0.116. The van der Waals surface area contributed by atoms with Crippen molar-refractivity contribution in [3.63, 3.8) is 0 Å². The Hall–Kier alpha value is -2.27. The molecule has 102 valence electrons. The lowest BCUT2D eigenvalue weighted by atomic mass is 10.1. The smallest absolute Gasteiger partial charge is 0.256 e. The maximum Gasteiger partial charge on any atom is 0.256 e. The van der Waals surface area contributed by atoms with Gasteiger partial charge < -0.3 is 14.6 Å². The summed E-state index contributed by atoms with van der Waals surface area (Å²) in [5.41, 5.74) is 0.862.